The molecule has 4 aromatic carbocycles. The third-order valence-electron chi connectivity index (χ3n) is 7.06. The molecule has 2 atom stereocenters. The number of aromatic nitrogens is 1. The van der Waals surface area contributed by atoms with Crippen LogP contribution in [0.5, 0.6) is 0 Å². The first kappa shape index (κ1) is 31.8. The quantitative estimate of drug-likeness (QED) is 0.139. The maximum Gasteiger partial charge on any atom is 0.0267 e. The molecule has 1 fully saturated rings. The van der Waals surface area contributed by atoms with E-state index in [-0.39, 0.29) is 0 Å². The molecule has 2 unspecified atom stereocenters. The van der Waals surface area contributed by atoms with Crippen LogP contribution in [-0.2, 0) is 13.5 Å². The van der Waals surface area contributed by atoms with E-state index in [1.54, 1.807) is 12.4 Å². The van der Waals surface area contributed by atoms with E-state index in [2.05, 4.69) is 110 Å². The Kier molecular flexibility index (Phi) is 12.5. The third kappa shape index (κ3) is 9.20. The first-order valence-corrected chi connectivity index (χ1v) is 19.4. The molecule has 1 saturated heterocycles. The van der Waals surface area contributed by atoms with Crippen molar-refractivity contribution in [3.63, 3.8) is 0 Å². The molecule has 2 heterocycles. The summed E-state index contributed by atoms with van der Waals surface area (Å²) in [5.41, 5.74) is 9.33. The number of hydrogen-bond acceptors (Lipinski definition) is 2. The van der Waals surface area contributed by atoms with Crippen molar-refractivity contribution in [2.75, 3.05) is 4.90 Å². The summed E-state index contributed by atoms with van der Waals surface area (Å²) in [7, 11) is 11.3. The number of anilines is 1. The zero-order valence-electron chi connectivity index (χ0n) is 24.2. The number of rotatable bonds is 4. The van der Waals surface area contributed by atoms with Gasteiger partial charge in [0.25, 0.3) is 0 Å². The largest absolute Gasteiger partial charge is 0.265 e. The molecule has 0 spiro atoms. The van der Waals surface area contributed by atoms with Gasteiger partial charge in [-0.2, -0.15) is 6.42 Å². The smallest absolute Gasteiger partial charge is 0.0267 e. The summed E-state index contributed by atoms with van der Waals surface area (Å²) in [6.07, 6.45) is 4.57. The Labute approximate surface area is 264 Å². The summed E-state index contributed by atoms with van der Waals surface area (Å²) in [5.74, 6) is 0.471. The van der Waals surface area contributed by atoms with Gasteiger partial charge in [0.2, 0.25) is 0 Å². The van der Waals surface area contributed by atoms with Crippen molar-refractivity contribution in [2.45, 2.75) is 39.2 Å². The zero-order valence-corrected chi connectivity index (χ0v) is 27.5. The second-order valence-corrected chi connectivity index (χ2v) is 15.9. The van der Waals surface area contributed by atoms with Gasteiger partial charge in [-0.3, -0.25) is 4.98 Å². The topological polar surface area (TPSA) is 16.1 Å². The van der Waals surface area contributed by atoms with E-state index >= 15 is 0 Å². The molecule has 0 saturated carbocycles. The fourth-order valence-corrected chi connectivity index (χ4v) is 7.28. The van der Waals surface area contributed by atoms with Crippen molar-refractivity contribution >= 4 is 29.7 Å². The minimum atomic E-state index is -1.61. The first-order chi connectivity index (χ1) is 20.4. The van der Waals surface area contributed by atoms with Gasteiger partial charge in [0.1, 0.15) is 0 Å². The molecule has 2 nitrogen and oxygen atoms in total. The molecule has 1 aromatic heterocycles. The van der Waals surface area contributed by atoms with Gasteiger partial charge in [0.15, 0.2) is 0 Å². The monoisotopic (exact) mass is 681 g/mol. The maximum absolute atomic E-state index is 5.67. The van der Waals surface area contributed by atoms with Gasteiger partial charge in [-0.15, -0.1) is 0 Å². The van der Waals surface area contributed by atoms with E-state index in [0.29, 0.717) is 12.0 Å². The molecule has 218 valence electrons. The Balaban J connectivity index is 0.000000206. The summed E-state index contributed by atoms with van der Waals surface area (Å²) in [5, 5.41) is 0. The Morgan fingerprint density at radius 1 is 0.714 bits per heavy atom. The minimum absolute atomic E-state index is 0.332. The van der Waals surface area contributed by atoms with Gasteiger partial charge < -0.3 is 4.90 Å². The summed E-state index contributed by atoms with van der Waals surface area (Å²) >= 11 is -1.61. The van der Waals surface area contributed by atoms with Gasteiger partial charge in [-0.05, 0) is 61.1 Å². The van der Waals surface area contributed by atoms with Crippen LogP contribution < -0.4 is 4.90 Å². The van der Waals surface area contributed by atoms with E-state index in [4.69, 9.17) is 19.4 Å². The predicted octanol–water partition coefficient (Wildman–Crippen LogP) is 10.4. The van der Waals surface area contributed by atoms with Crippen molar-refractivity contribution < 1.29 is 13.5 Å². The Morgan fingerprint density at radius 2 is 1.21 bits per heavy atom. The fraction of sp³-hybridized carbons (Fsp3) is 0.162. The van der Waals surface area contributed by atoms with Crippen molar-refractivity contribution in [1.29, 1.82) is 0 Å². The molecule has 1 aliphatic rings. The van der Waals surface area contributed by atoms with E-state index < -0.39 is 13.5 Å². The summed E-state index contributed by atoms with van der Waals surface area (Å²) in [4.78, 5) is 6.31. The molecular formula is C37H37Cl2N2Ru-. The van der Waals surface area contributed by atoms with Crippen LogP contribution in [0.2, 0.25) is 0 Å². The molecule has 0 aliphatic carbocycles. The second kappa shape index (κ2) is 16.5. The Bertz CT molecular complexity index is 1470. The van der Waals surface area contributed by atoms with E-state index in [0.717, 1.165) is 12.0 Å². The SMILES string of the molecule is Cc1cc(C)c(N2[CH-]CC(c3ccccc3)C2c2ccccc2)c(C)c1.[Cl][Ru]([Cl])=[CH]c1ccccc1.c1ccncc1. The Morgan fingerprint density at radius 3 is 1.69 bits per heavy atom. The van der Waals surface area contributed by atoms with Crippen LogP contribution >= 0.6 is 19.4 Å². The van der Waals surface area contributed by atoms with Crippen LogP contribution in [0.3, 0.4) is 0 Å². The fourth-order valence-electron chi connectivity index (χ4n) is 5.46. The number of halogens is 2. The molecule has 0 N–H and O–H groups in total. The number of hydrogen-bond donors (Lipinski definition) is 0. The van der Waals surface area contributed by atoms with Crippen LogP contribution in [0.1, 0.15) is 51.8 Å². The molecule has 6 rings (SSSR count). The number of aryl methyl sites for hydroxylation is 3. The minimum Gasteiger partial charge on any atom is -0.265 e. The molecule has 5 heteroatoms. The normalized spacial score (nSPS) is 15.9. The van der Waals surface area contributed by atoms with Gasteiger partial charge in [0.05, 0.1) is 0 Å². The first-order valence-electron chi connectivity index (χ1n) is 14.0. The van der Waals surface area contributed by atoms with Crippen LogP contribution in [-0.4, -0.2) is 9.59 Å². The number of benzene rings is 4. The summed E-state index contributed by atoms with van der Waals surface area (Å²) < 4.78 is 1.92. The Hall–Kier alpha value is -3.10. The number of pyridine rings is 1. The molecule has 5 aromatic rings. The molecule has 42 heavy (non-hydrogen) atoms. The van der Waals surface area contributed by atoms with Gasteiger partial charge in [-0.1, -0.05) is 84.4 Å². The van der Waals surface area contributed by atoms with E-state index in [9.17, 15) is 0 Å². The maximum atomic E-state index is 5.67. The van der Waals surface area contributed by atoms with Crippen molar-refractivity contribution in [3.8, 4) is 0 Å². The molecule has 0 bridgehead atoms. The van der Waals surface area contributed by atoms with Crippen LogP contribution in [0.4, 0.5) is 5.69 Å². The molecule has 0 radical (unpaired) electrons. The number of nitrogens with zero attached hydrogens (tertiary/aromatic N) is 2. The van der Waals surface area contributed by atoms with E-state index in [1.807, 2.05) is 53.1 Å². The zero-order chi connectivity index (χ0) is 29.7. The molecule has 0 amide bonds. The van der Waals surface area contributed by atoms with Crippen molar-refractivity contribution in [2.24, 2.45) is 0 Å². The average molecular weight is 682 g/mol. The summed E-state index contributed by atoms with van der Waals surface area (Å²) in [6, 6.07) is 42.4. The average Bonchev–Trinajstić information content (AvgIpc) is 3.44. The van der Waals surface area contributed by atoms with Crippen LogP contribution in [0, 0.1) is 27.3 Å². The third-order valence-corrected chi connectivity index (χ3v) is 8.93. The summed E-state index contributed by atoms with van der Waals surface area (Å²) in [6.45, 7) is 9.06. The van der Waals surface area contributed by atoms with Gasteiger partial charge in [-0.25, -0.2) is 6.54 Å². The predicted molar refractivity (Wildman–Crippen MR) is 178 cm³/mol. The molecule has 1 aliphatic heterocycles. The van der Waals surface area contributed by atoms with Crippen LogP contribution in [0.25, 0.3) is 0 Å². The van der Waals surface area contributed by atoms with Crippen molar-refractivity contribution in [3.05, 3.63) is 174 Å². The van der Waals surface area contributed by atoms with E-state index in [1.165, 1.54) is 33.5 Å². The van der Waals surface area contributed by atoms with Crippen molar-refractivity contribution in [1.82, 2.24) is 4.98 Å². The van der Waals surface area contributed by atoms with Gasteiger partial charge >= 0.3 is 73.4 Å². The van der Waals surface area contributed by atoms with Gasteiger partial charge in [0, 0.05) is 24.1 Å². The van der Waals surface area contributed by atoms with Crippen LogP contribution in [0.15, 0.2) is 134 Å². The second-order valence-electron chi connectivity index (χ2n) is 10.2. The molecular weight excluding hydrogens is 644 g/mol. The standard InChI is InChI=1S/C25H26N.C7H6.C5H5N.2ClH.Ru/c1-18-16-19(2)24(20(3)17-18)26-15-14-23(21-10-6-4-7-11-21)25(26)22-12-8-5-9-13-22;1-7-5-3-2-4-6-7;1-2-4-6-5-3-1;;;/h4-13,15-17,23,25H,14H2,1-3H3;1-6H;1-5H;2*1H;/q-1;;;;;+2/p-2.